The normalized spacial score (nSPS) is 29.0. The van der Waals surface area contributed by atoms with Crippen LogP contribution < -0.4 is 5.32 Å². The molecule has 1 amide bonds. The Morgan fingerprint density at radius 3 is 1.16 bits per heavy atom. The van der Waals surface area contributed by atoms with E-state index in [2.05, 4.69) is 43.5 Å². The summed E-state index contributed by atoms with van der Waals surface area (Å²) in [6, 6.07) is -0.989. The zero-order valence-corrected chi connectivity index (χ0v) is 53.0. The molecule has 17 unspecified atom stereocenters. The van der Waals surface area contributed by atoms with E-state index in [1.807, 2.05) is 6.08 Å². The smallest absolute Gasteiger partial charge is 0.220 e. The predicted octanol–water partition coefficient (Wildman–Crippen LogP) is 8.44. The summed E-state index contributed by atoms with van der Waals surface area (Å²) in [5.74, 6) is -0.284. The molecule has 12 N–H and O–H groups in total. The van der Waals surface area contributed by atoms with Gasteiger partial charge >= 0.3 is 0 Å². The van der Waals surface area contributed by atoms with Gasteiger partial charge in [-0.25, -0.2) is 0 Å². The summed E-state index contributed by atoms with van der Waals surface area (Å²) in [6.45, 7) is 1.73. The Morgan fingerprint density at radius 1 is 0.407 bits per heavy atom. The fourth-order valence-corrected chi connectivity index (χ4v) is 11.6. The number of carbonyl (C=O) groups excluding carboxylic acids is 1. The quantitative estimate of drug-likeness (QED) is 0.0201. The van der Waals surface area contributed by atoms with Crippen LogP contribution in [-0.2, 0) is 33.2 Å². The van der Waals surface area contributed by atoms with Gasteiger partial charge < -0.3 is 89.9 Å². The minimum absolute atomic E-state index is 0.236. The number of nitrogens with one attached hydrogen (secondary N) is 1. The summed E-state index contributed by atoms with van der Waals surface area (Å²) in [7, 11) is 0. The first-order valence-corrected chi connectivity index (χ1v) is 34.2. The van der Waals surface area contributed by atoms with Crippen LogP contribution in [0.4, 0.5) is 0 Å². The second-order valence-electron chi connectivity index (χ2n) is 24.6. The van der Waals surface area contributed by atoms with E-state index in [0.717, 1.165) is 38.5 Å². The van der Waals surface area contributed by atoms with Gasteiger partial charge in [-0.3, -0.25) is 4.79 Å². The third kappa shape index (κ3) is 31.8. The summed E-state index contributed by atoms with van der Waals surface area (Å²) in [6.07, 6.45) is 29.8. The summed E-state index contributed by atoms with van der Waals surface area (Å²) in [5.41, 5.74) is 0. The minimum Gasteiger partial charge on any atom is -0.394 e. The number of rotatable bonds is 52. The number of carbonyl (C=O) groups is 1. The van der Waals surface area contributed by atoms with Gasteiger partial charge in [-0.15, -0.1) is 0 Å². The Balaban J connectivity index is 1.46. The van der Waals surface area contributed by atoms with E-state index in [4.69, 9.17) is 28.4 Å². The van der Waals surface area contributed by atoms with E-state index in [-0.39, 0.29) is 18.9 Å². The third-order valence-corrected chi connectivity index (χ3v) is 17.2. The molecule has 86 heavy (non-hydrogen) atoms. The first-order chi connectivity index (χ1) is 41.8. The van der Waals surface area contributed by atoms with Gasteiger partial charge in [-0.2, -0.15) is 0 Å². The molecule has 0 aromatic rings. The number of ether oxygens (including phenoxy) is 6. The second kappa shape index (κ2) is 49.7. The van der Waals surface area contributed by atoms with Crippen LogP contribution in [0.2, 0.25) is 0 Å². The van der Waals surface area contributed by atoms with Crippen LogP contribution in [0.1, 0.15) is 251 Å². The maximum absolute atomic E-state index is 13.4. The minimum atomic E-state index is -1.98. The molecule has 0 saturated carbocycles. The fourth-order valence-electron chi connectivity index (χ4n) is 11.6. The number of hydrogen-bond donors (Lipinski definition) is 12. The highest BCUT2D eigenvalue weighted by atomic mass is 16.8. The van der Waals surface area contributed by atoms with Crippen molar-refractivity contribution in [2.45, 2.75) is 356 Å². The summed E-state index contributed by atoms with van der Waals surface area (Å²) in [4.78, 5) is 13.4. The molecule has 3 aliphatic rings. The van der Waals surface area contributed by atoms with Crippen molar-refractivity contribution < 1.29 is 89.4 Å². The molecule has 0 radical (unpaired) electrons. The SMILES string of the molecule is CCCCCCCCCC/C=C\CCCCCCCCCCCCCC(=O)NC(COC1OC(CO)C(OC2OC(CO)C(OC3OC(CO)C(O)C(O)C3O)C(O)C2O)C(O)C1O)C(O)/C=C/CC/C=C/CCCCCCCCCCCCCC. The average Bonchev–Trinajstić information content (AvgIpc) is 1.83. The standard InChI is InChI=1S/C67H123NO18/c1-3-5-7-9-11-13-15-17-19-21-23-24-25-26-27-29-31-33-35-37-39-41-43-45-55(73)68-50(51(72)44-42-40-38-36-34-32-30-28-22-20-18-16-14-12-10-8-6-4-2)49-81-65-61(79)58(76)63(53(47-70)83-65)86-67-62(80)59(77)64(54(48-71)84-67)85-66-60(78)57(75)56(74)52(46-69)82-66/h21,23,34,36,42,44,50-54,56-67,69-72,74-80H,3-20,22,24-33,35,37-41,43,45-49H2,1-2H3,(H,68,73)/b23-21-,36-34+,44-42+. The van der Waals surface area contributed by atoms with Crippen LogP contribution in [0.5, 0.6) is 0 Å². The van der Waals surface area contributed by atoms with Crippen LogP contribution in [0.3, 0.4) is 0 Å². The molecule has 0 aliphatic carbocycles. The van der Waals surface area contributed by atoms with Gasteiger partial charge in [-0.05, 0) is 57.8 Å². The molecule has 0 bridgehead atoms. The van der Waals surface area contributed by atoms with Crippen molar-refractivity contribution in [2.75, 3.05) is 26.4 Å². The maximum Gasteiger partial charge on any atom is 0.220 e. The highest BCUT2D eigenvalue weighted by Gasteiger charge is 2.53. The molecule has 19 heteroatoms. The van der Waals surface area contributed by atoms with Crippen LogP contribution in [0.15, 0.2) is 36.5 Å². The lowest BCUT2D eigenvalue weighted by Crippen LogP contribution is -2.66. The second-order valence-corrected chi connectivity index (χ2v) is 24.6. The summed E-state index contributed by atoms with van der Waals surface area (Å²) < 4.78 is 34.3. The lowest BCUT2D eigenvalue weighted by atomic mass is 9.96. The first-order valence-electron chi connectivity index (χ1n) is 34.2. The van der Waals surface area contributed by atoms with Gasteiger partial charge in [0.1, 0.15) is 73.2 Å². The Labute approximate surface area is 517 Å². The fraction of sp³-hybridized carbons (Fsp3) is 0.896. The Hall–Kier alpha value is -1.99. The maximum atomic E-state index is 13.4. The highest BCUT2D eigenvalue weighted by Crippen LogP contribution is 2.33. The average molecular weight is 1230 g/mol. The van der Waals surface area contributed by atoms with Gasteiger partial charge in [0.25, 0.3) is 0 Å². The van der Waals surface area contributed by atoms with Crippen molar-refractivity contribution in [2.24, 2.45) is 0 Å². The molecular formula is C67H123NO18. The Bertz CT molecular complexity index is 1710. The van der Waals surface area contributed by atoms with Gasteiger partial charge in [0.15, 0.2) is 18.9 Å². The van der Waals surface area contributed by atoms with Crippen LogP contribution >= 0.6 is 0 Å². The van der Waals surface area contributed by atoms with Crippen molar-refractivity contribution in [3.63, 3.8) is 0 Å². The Kier molecular flexibility index (Phi) is 45.2. The Morgan fingerprint density at radius 2 is 0.744 bits per heavy atom. The highest BCUT2D eigenvalue weighted by molar-refractivity contribution is 5.76. The molecule has 3 aliphatic heterocycles. The largest absolute Gasteiger partial charge is 0.394 e. The lowest BCUT2D eigenvalue weighted by molar-refractivity contribution is -0.379. The number of aliphatic hydroxyl groups excluding tert-OH is 11. The van der Waals surface area contributed by atoms with Crippen molar-refractivity contribution >= 4 is 5.91 Å². The van der Waals surface area contributed by atoms with Crippen molar-refractivity contribution in [1.82, 2.24) is 5.32 Å². The molecule has 0 aromatic carbocycles. The van der Waals surface area contributed by atoms with E-state index in [1.165, 1.54) is 180 Å². The molecule has 0 spiro atoms. The van der Waals surface area contributed by atoms with E-state index in [0.29, 0.717) is 12.8 Å². The summed E-state index contributed by atoms with van der Waals surface area (Å²) >= 11 is 0. The van der Waals surface area contributed by atoms with Crippen LogP contribution in [0, 0.1) is 0 Å². The zero-order chi connectivity index (χ0) is 62.6. The number of hydrogen-bond acceptors (Lipinski definition) is 18. The molecule has 3 saturated heterocycles. The predicted molar refractivity (Wildman–Crippen MR) is 333 cm³/mol. The number of aliphatic hydroxyl groups is 11. The van der Waals surface area contributed by atoms with Gasteiger partial charge in [0.2, 0.25) is 5.91 Å². The molecule has 0 aromatic heterocycles. The first kappa shape index (κ1) is 78.3. The van der Waals surface area contributed by atoms with Crippen LogP contribution in [0.25, 0.3) is 0 Å². The van der Waals surface area contributed by atoms with E-state index in [1.54, 1.807) is 6.08 Å². The molecule has 3 fully saturated rings. The van der Waals surface area contributed by atoms with Gasteiger partial charge in [0.05, 0.1) is 38.6 Å². The number of allylic oxidation sites excluding steroid dienone is 5. The van der Waals surface area contributed by atoms with E-state index >= 15 is 0 Å². The summed E-state index contributed by atoms with van der Waals surface area (Å²) in [5, 5.41) is 120. The molecule has 17 atom stereocenters. The number of unbranched alkanes of at least 4 members (excludes halogenated alkanes) is 32. The van der Waals surface area contributed by atoms with Crippen LogP contribution in [-0.4, -0.2) is 193 Å². The lowest BCUT2D eigenvalue weighted by Gasteiger charge is -2.48. The number of amides is 1. The van der Waals surface area contributed by atoms with Crippen molar-refractivity contribution in [3.05, 3.63) is 36.5 Å². The van der Waals surface area contributed by atoms with E-state index in [9.17, 15) is 61.0 Å². The molecule has 3 rings (SSSR count). The zero-order valence-electron chi connectivity index (χ0n) is 53.0. The van der Waals surface area contributed by atoms with Crippen molar-refractivity contribution in [1.29, 1.82) is 0 Å². The molecule has 504 valence electrons. The van der Waals surface area contributed by atoms with Gasteiger partial charge in [-0.1, -0.05) is 224 Å². The molecule has 3 heterocycles. The van der Waals surface area contributed by atoms with E-state index < -0.39 is 124 Å². The monoisotopic (exact) mass is 1230 g/mol. The molecule has 19 nitrogen and oxygen atoms in total. The third-order valence-electron chi connectivity index (χ3n) is 17.2. The van der Waals surface area contributed by atoms with Crippen molar-refractivity contribution in [3.8, 4) is 0 Å². The topological polar surface area (TPSA) is 307 Å². The molecular weight excluding hydrogens is 1110 g/mol. The van der Waals surface area contributed by atoms with Gasteiger partial charge in [0, 0.05) is 6.42 Å².